The Labute approximate surface area is 96.4 Å². The first-order valence-electron chi connectivity index (χ1n) is 6.14. The second-order valence-corrected chi connectivity index (χ2v) is 5.08. The Morgan fingerprint density at radius 3 is 2.19 bits per heavy atom. The SMILES string of the molecule is CC1NCCCC1N1C(=O)C(C)C(C)C1=O. The summed E-state index contributed by atoms with van der Waals surface area (Å²) in [4.78, 5) is 25.6. The van der Waals surface area contributed by atoms with Crippen molar-refractivity contribution in [3.63, 3.8) is 0 Å². The standard InChI is InChI=1S/C12H20N2O2/c1-7-8(2)12(16)14(11(7)15)10-5-4-6-13-9(10)3/h7-10,13H,4-6H2,1-3H3. The van der Waals surface area contributed by atoms with Gasteiger partial charge in [0.25, 0.3) is 0 Å². The van der Waals surface area contributed by atoms with Crippen molar-refractivity contribution >= 4 is 11.8 Å². The first-order valence-corrected chi connectivity index (χ1v) is 6.14. The fourth-order valence-electron chi connectivity index (χ4n) is 2.68. The molecule has 2 aliphatic heterocycles. The van der Waals surface area contributed by atoms with E-state index in [2.05, 4.69) is 12.2 Å². The van der Waals surface area contributed by atoms with Crippen molar-refractivity contribution in [3.05, 3.63) is 0 Å². The van der Waals surface area contributed by atoms with Gasteiger partial charge in [-0.1, -0.05) is 13.8 Å². The smallest absolute Gasteiger partial charge is 0.233 e. The monoisotopic (exact) mass is 224 g/mol. The fraction of sp³-hybridized carbons (Fsp3) is 0.833. The predicted octanol–water partition coefficient (Wildman–Crippen LogP) is 0.768. The molecular weight excluding hydrogens is 204 g/mol. The van der Waals surface area contributed by atoms with Gasteiger partial charge in [-0.3, -0.25) is 14.5 Å². The highest BCUT2D eigenvalue weighted by molar-refractivity contribution is 6.05. The molecule has 4 unspecified atom stereocenters. The molecule has 2 amide bonds. The lowest BCUT2D eigenvalue weighted by atomic mass is 9.98. The van der Waals surface area contributed by atoms with Crippen molar-refractivity contribution in [2.45, 2.75) is 45.7 Å². The lowest BCUT2D eigenvalue weighted by Crippen LogP contribution is -2.54. The number of likely N-dealkylation sites (tertiary alicyclic amines) is 1. The van der Waals surface area contributed by atoms with Crippen LogP contribution in [0.5, 0.6) is 0 Å². The summed E-state index contributed by atoms with van der Waals surface area (Å²) in [5.74, 6) is -0.278. The summed E-state index contributed by atoms with van der Waals surface area (Å²) < 4.78 is 0. The van der Waals surface area contributed by atoms with Crippen LogP contribution in [0.2, 0.25) is 0 Å². The Morgan fingerprint density at radius 1 is 1.12 bits per heavy atom. The van der Waals surface area contributed by atoms with Gasteiger partial charge in [-0.2, -0.15) is 0 Å². The van der Waals surface area contributed by atoms with Crippen LogP contribution in [0.15, 0.2) is 0 Å². The Hall–Kier alpha value is -0.900. The normalized spacial score (nSPS) is 40.6. The topological polar surface area (TPSA) is 49.4 Å². The minimum Gasteiger partial charge on any atom is -0.312 e. The molecule has 2 fully saturated rings. The Balaban J connectivity index is 2.20. The average Bonchev–Trinajstić information content (AvgIpc) is 2.45. The highest BCUT2D eigenvalue weighted by Crippen LogP contribution is 2.30. The molecule has 0 aromatic rings. The summed E-state index contributed by atoms with van der Waals surface area (Å²) in [5, 5.41) is 3.33. The molecule has 16 heavy (non-hydrogen) atoms. The van der Waals surface area contributed by atoms with E-state index in [-0.39, 0.29) is 35.7 Å². The summed E-state index contributed by atoms with van der Waals surface area (Å²) in [6, 6.07) is 0.278. The van der Waals surface area contributed by atoms with Crippen LogP contribution in [0.1, 0.15) is 33.6 Å². The molecule has 0 spiro atoms. The third kappa shape index (κ3) is 1.65. The first kappa shape index (κ1) is 11.6. The van der Waals surface area contributed by atoms with E-state index in [0.717, 1.165) is 19.4 Å². The molecule has 0 saturated carbocycles. The lowest BCUT2D eigenvalue weighted by Gasteiger charge is -2.35. The van der Waals surface area contributed by atoms with E-state index in [9.17, 15) is 9.59 Å². The highest BCUT2D eigenvalue weighted by atomic mass is 16.2. The van der Waals surface area contributed by atoms with Crippen molar-refractivity contribution in [3.8, 4) is 0 Å². The Morgan fingerprint density at radius 2 is 1.69 bits per heavy atom. The third-order valence-electron chi connectivity index (χ3n) is 4.06. The number of amides is 2. The zero-order valence-electron chi connectivity index (χ0n) is 10.2. The molecule has 0 aliphatic carbocycles. The fourth-order valence-corrected chi connectivity index (χ4v) is 2.68. The van der Waals surface area contributed by atoms with Crippen molar-refractivity contribution in [1.82, 2.24) is 10.2 Å². The number of carbonyl (C=O) groups is 2. The van der Waals surface area contributed by atoms with Crippen LogP contribution in [-0.2, 0) is 9.59 Å². The molecule has 90 valence electrons. The predicted molar refractivity (Wildman–Crippen MR) is 60.7 cm³/mol. The molecule has 0 aromatic heterocycles. The van der Waals surface area contributed by atoms with Gasteiger partial charge in [0.15, 0.2) is 0 Å². The maximum absolute atomic E-state index is 12.0. The van der Waals surface area contributed by atoms with Crippen LogP contribution >= 0.6 is 0 Å². The molecule has 2 aliphatic rings. The first-order chi connectivity index (χ1) is 7.54. The highest BCUT2D eigenvalue weighted by Gasteiger charge is 2.46. The van der Waals surface area contributed by atoms with Gasteiger partial charge in [0.1, 0.15) is 0 Å². The third-order valence-corrected chi connectivity index (χ3v) is 4.06. The summed E-state index contributed by atoms with van der Waals surface area (Å²) in [6.45, 7) is 6.74. The average molecular weight is 224 g/mol. The number of carbonyl (C=O) groups excluding carboxylic acids is 2. The van der Waals surface area contributed by atoms with E-state index in [1.54, 1.807) is 0 Å². The minimum atomic E-state index is -0.151. The van der Waals surface area contributed by atoms with E-state index in [1.807, 2.05) is 13.8 Å². The summed E-state index contributed by atoms with van der Waals surface area (Å²) >= 11 is 0. The molecule has 2 saturated heterocycles. The van der Waals surface area contributed by atoms with E-state index < -0.39 is 0 Å². The van der Waals surface area contributed by atoms with Gasteiger partial charge in [0.2, 0.25) is 11.8 Å². The number of hydrogen-bond donors (Lipinski definition) is 1. The number of nitrogens with one attached hydrogen (secondary N) is 1. The maximum atomic E-state index is 12.0. The van der Waals surface area contributed by atoms with Crippen LogP contribution in [0, 0.1) is 11.8 Å². The van der Waals surface area contributed by atoms with Crippen LogP contribution in [0.4, 0.5) is 0 Å². The van der Waals surface area contributed by atoms with Gasteiger partial charge in [0, 0.05) is 17.9 Å². The van der Waals surface area contributed by atoms with Crippen LogP contribution in [-0.4, -0.2) is 35.3 Å². The van der Waals surface area contributed by atoms with E-state index in [0.29, 0.717) is 0 Å². The van der Waals surface area contributed by atoms with E-state index in [4.69, 9.17) is 0 Å². The van der Waals surface area contributed by atoms with Gasteiger partial charge in [-0.15, -0.1) is 0 Å². The van der Waals surface area contributed by atoms with Crippen molar-refractivity contribution in [2.75, 3.05) is 6.54 Å². The molecule has 0 aromatic carbocycles. The second-order valence-electron chi connectivity index (χ2n) is 5.08. The lowest BCUT2D eigenvalue weighted by molar-refractivity contribution is -0.143. The quantitative estimate of drug-likeness (QED) is 0.669. The molecule has 4 heteroatoms. The van der Waals surface area contributed by atoms with Crippen molar-refractivity contribution < 1.29 is 9.59 Å². The summed E-state index contributed by atoms with van der Waals surface area (Å²) in [6.07, 6.45) is 1.97. The summed E-state index contributed by atoms with van der Waals surface area (Å²) in [5.41, 5.74) is 0. The minimum absolute atomic E-state index is 0.0121. The molecule has 0 bridgehead atoms. The van der Waals surface area contributed by atoms with Crippen molar-refractivity contribution in [1.29, 1.82) is 0 Å². The maximum Gasteiger partial charge on any atom is 0.233 e. The van der Waals surface area contributed by atoms with Gasteiger partial charge in [-0.25, -0.2) is 0 Å². The number of piperidine rings is 1. The van der Waals surface area contributed by atoms with Gasteiger partial charge >= 0.3 is 0 Å². The van der Waals surface area contributed by atoms with E-state index in [1.165, 1.54) is 4.90 Å². The second kappa shape index (κ2) is 4.17. The van der Waals surface area contributed by atoms with Crippen LogP contribution < -0.4 is 5.32 Å². The van der Waals surface area contributed by atoms with Crippen molar-refractivity contribution in [2.24, 2.45) is 11.8 Å². The summed E-state index contributed by atoms with van der Waals surface area (Å²) in [7, 11) is 0. The van der Waals surface area contributed by atoms with Gasteiger partial charge in [-0.05, 0) is 26.3 Å². The van der Waals surface area contributed by atoms with Crippen LogP contribution in [0.25, 0.3) is 0 Å². The largest absolute Gasteiger partial charge is 0.312 e. The molecule has 0 radical (unpaired) electrons. The van der Waals surface area contributed by atoms with Gasteiger partial charge in [0.05, 0.1) is 6.04 Å². The Kier molecular flexibility index (Phi) is 3.02. The Bertz CT molecular complexity index is 296. The molecule has 2 heterocycles. The number of imide groups is 1. The number of hydrogen-bond acceptors (Lipinski definition) is 3. The zero-order chi connectivity index (χ0) is 11.9. The zero-order valence-corrected chi connectivity index (χ0v) is 10.2. The molecule has 1 N–H and O–H groups in total. The number of rotatable bonds is 1. The number of nitrogens with zero attached hydrogens (tertiary/aromatic N) is 1. The van der Waals surface area contributed by atoms with Crippen LogP contribution in [0.3, 0.4) is 0 Å². The molecule has 4 nitrogen and oxygen atoms in total. The molecular formula is C12H20N2O2. The molecule has 4 atom stereocenters. The van der Waals surface area contributed by atoms with Gasteiger partial charge < -0.3 is 5.32 Å². The molecule has 2 rings (SSSR count). The van der Waals surface area contributed by atoms with E-state index >= 15 is 0 Å².